The van der Waals surface area contributed by atoms with Gasteiger partial charge in [-0.2, -0.15) is 0 Å². The lowest BCUT2D eigenvalue weighted by Crippen LogP contribution is -2.00. The lowest BCUT2D eigenvalue weighted by atomic mass is 10.0. The van der Waals surface area contributed by atoms with Crippen molar-refractivity contribution < 1.29 is 23.7 Å². The van der Waals surface area contributed by atoms with E-state index in [4.69, 9.17) is 23.7 Å². The molecule has 0 spiro atoms. The van der Waals surface area contributed by atoms with Crippen LogP contribution in [0.15, 0.2) is 35.3 Å². The lowest BCUT2D eigenvalue weighted by molar-refractivity contribution is 0.324. The van der Waals surface area contributed by atoms with Gasteiger partial charge in [-0.3, -0.25) is 4.99 Å². The molecule has 25 heavy (non-hydrogen) atoms. The molecule has 0 aliphatic carbocycles. The summed E-state index contributed by atoms with van der Waals surface area (Å²) in [5.74, 6) is 3.17. The highest BCUT2D eigenvalue weighted by atomic mass is 16.5. The third kappa shape index (κ3) is 3.07. The quantitative estimate of drug-likeness (QED) is 0.772. The summed E-state index contributed by atoms with van der Waals surface area (Å²) < 4.78 is 26.8. The van der Waals surface area contributed by atoms with E-state index in [1.165, 1.54) is 0 Å². The molecule has 0 amide bonds. The van der Waals surface area contributed by atoms with Gasteiger partial charge in [0.1, 0.15) is 6.04 Å². The van der Waals surface area contributed by atoms with Crippen molar-refractivity contribution in [3.8, 4) is 28.7 Å². The highest BCUT2D eigenvalue weighted by Gasteiger charge is 2.33. The topological polar surface area (TPSA) is 58.5 Å². The van der Waals surface area contributed by atoms with Crippen molar-refractivity contribution >= 4 is 5.71 Å². The minimum atomic E-state index is -0.0115. The maximum absolute atomic E-state index is 5.41. The van der Waals surface area contributed by atoms with Gasteiger partial charge in [-0.25, -0.2) is 0 Å². The van der Waals surface area contributed by atoms with E-state index in [-0.39, 0.29) is 6.04 Å². The van der Waals surface area contributed by atoms with E-state index >= 15 is 0 Å². The fourth-order valence-corrected chi connectivity index (χ4v) is 2.82. The Labute approximate surface area is 147 Å². The number of ether oxygens (including phenoxy) is 5. The third-order valence-electron chi connectivity index (χ3n) is 4.14. The van der Waals surface area contributed by atoms with Crippen molar-refractivity contribution in [2.75, 3.05) is 35.5 Å². The van der Waals surface area contributed by atoms with E-state index in [0.29, 0.717) is 28.7 Å². The SMILES string of the molecule is COc1ccc(C2N=C2c2cc(OC)c(OC)c(OC)c2)cc1OC. The molecule has 6 heteroatoms. The zero-order chi connectivity index (χ0) is 18.0. The summed E-state index contributed by atoms with van der Waals surface area (Å²) in [6.07, 6.45) is 0. The fourth-order valence-electron chi connectivity index (χ4n) is 2.82. The Morgan fingerprint density at radius 2 is 1.28 bits per heavy atom. The van der Waals surface area contributed by atoms with Crippen molar-refractivity contribution in [2.45, 2.75) is 6.04 Å². The van der Waals surface area contributed by atoms with Gasteiger partial charge in [0, 0.05) is 5.56 Å². The molecule has 0 saturated heterocycles. The Balaban J connectivity index is 1.90. The molecule has 132 valence electrons. The molecular formula is C19H21NO5. The van der Waals surface area contributed by atoms with E-state index in [1.807, 2.05) is 30.3 Å². The summed E-state index contributed by atoms with van der Waals surface area (Å²) in [6.45, 7) is 0. The summed E-state index contributed by atoms with van der Waals surface area (Å²) in [7, 11) is 8.02. The molecular weight excluding hydrogens is 322 g/mol. The molecule has 1 unspecified atom stereocenters. The Hall–Kier alpha value is -2.89. The Bertz CT molecular complexity index is 790. The van der Waals surface area contributed by atoms with Gasteiger partial charge in [-0.15, -0.1) is 0 Å². The third-order valence-corrected chi connectivity index (χ3v) is 4.14. The molecule has 2 aromatic rings. The number of hydrogen-bond donors (Lipinski definition) is 0. The maximum Gasteiger partial charge on any atom is 0.203 e. The number of rotatable bonds is 7. The Morgan fingerprint density at radius 1 is 0.680 bits per heavy atom. The van der Waals surface area contributed by atoms with Gasteiger partial charge in [0.2, 0.25) is 5.75 Å². The fraction of sp³-hybridized carbons (Fsp3) is 0.316. The van der Waals surface area contributed by atoms with Gasteiger partial charge in [-0.05, 0) is 29.8 Å². The average Bonchev–Trinajstić information content (AvgIpc) is 3.46. The molecule has 3 rings (SSSR count). The summed E-state index contributed by atoms with van der Waals surface area (Å²) in [4.78, 5) is 4.60. The number of nitrogens with zero attached hydrogens (tertiary/aromatic N) is 1. The maximum atomic E-state index is 5.41. The molecule has 6 nitrogen and oxygen atoms in total. The molecule has 1 atom stereocenters. The van der Waals surface area contributed by atoms with Crippen molar-refractivity contribution in [3.63, 3.8) is 0 Å². The second-order valence-electron chi connectivity index (χ2n) is 5.45. The van der Waals surface area contributed by atoms with Gasteiger partial charge in [0.15, 0.2) is 23.0 Å². The first-order valence-electron chi connectivity index (χ1n) is 7.76. The number of methoxy groups -OCH3 is 5. The summed E-state index contributed by atoms with van der Waals surface area (Å²) >= 11 is 0. The molecule has 0 saturated carbocycles. The van der Waals surface area contributed by atoms with Crippen LogP contribution in [0, 0.1) is 0 Å². The minimum absolute atomic E-state index is 0.0115. The average molecular weight is 343 g/mol. The van der Waals surface area contributed by atoms with Crippen LogP contribution >= 0.6 is 0 Å². The van der Waals surface area contributed by atoms with Crippen LogP contribution in [0.1, 0.15) is 17.2 Å². The second kappa shape index (κ2) is 6.93. The predicted octanol–water partition coefficient (Wildman–Crippen LogP) is 3.27. The van der Waals surface area contributed by atoms with Gasteiger partial charge >= 0.3 is 0 Å². The van der Waals surface area contributed by atoms with E-state index in [9.17, 15) is 0 Å². The largest absolute Gasteiger partial charge is 0.493 e. The van der Waals surface area contributed by atoms with Gasteiger partial charge in [0.25, 0.3) is 0 Å². The zero-order valence-corrected chi connectivity index (χ0v) is 15.0. The highest BCUT2D eigenvalue weighted by Crippen LogP contribution is 2.44. The number of hydrogen-bond acceptors (Lipinski definition) is 6. The highest BCUT2D eigenvalue weighted by molar-refractivity contribution is 6.14. The number of benzene rings is 2. The molecule has 1 aliphatic rings. The van der Waals surface area contributed by atoms with Crippen LogP contribution in [0.5, 0.6) is 28.7 Å². The monoisotopic (exact) mass is 343 g/mol. The molecule has 0 bridgehead atoms. The zero-order valence-electron chi connectivity index (χ0n) is 15.0. The normalized spacial score (nSPS) is 15.2. The molecule has 2 aromatic carbocycles. The smallest absolute Gasteiger partial charge is 0.203 e. The molecule has 1 heterocycles. The molecule has 0 fully saturated rings. The lowest BCUT2D eigenvalue weighted by Gasteiger charge is -2.13. The summed E-state index contributed by atoms with van der Waals surface area (Å²) in [6, 6.07) is 9.61. The van der Waals surface area contributed by atoms with E-state index in [2.05, 4.69) is 4.99 Å². The van der Waals surface area contributed by atoms with Crippen LogP contribution in [0.3, 0.4) is 0 Å². The number of aliphatic imine (C=N–C) groups is 1. The standard InChI is InChI=1S/C19H21NO5/c1-21-13-7-6-11(8-14(13)22-2)17-18(20-17)12-9-15(23-3)19(25-5)16(10-12)24-4/h6-10,17H,1-5H3. The first kappa shape index (κ1) is 17.0. The van der Waals surface area contributed by atoms with Crippen LogP contribution in [-0.2, 0) is 0 Å². The van der Waals surface area contributed by atoms with Crippen molar-refractivity contribution in [1.82, 2.24) is 0 Å². The Kier molecular flexibility index (Phi) is 4.70. The molecule has 0 N–H and O–H groups in total. The van der Waals surface area contributed by atoms with Gasteiger partial charge in [-0.1, -0.05) is 6.07 Å². The summed E-state index contributed by atoms with van der Waals surface area (Å²) in [5.41, 5.74) is 2.95. The van der Waals surface area contributed by atoms with Crippen LogP contribution in [0.4, 0.5) is 0 Å². The van der Waals surface area contributed by atoms with Crippen LogP contribution < -0.4 is 23.7 Å². The van der Waals surface area contributed by atoms with E-state index in [1.54, 1.807) is 35.5 Å². The van der Waals surface area contributed by atoms with Crippen LogP contribution in [0.2, 0.25) is 0 Å². The second-order valence-corrected chi connectivity index (χ2v) is 5.45. The minimum Gasteiger partial charge on any atom is -0.493 e. The molecule has 1 aliphatic heterocycles. The molecule has 0 aromatic heterocycles. The van der Waals surface area contributed by atoms with E-state index < -0.39 is 0 Å². The Morgan fingerprint density at radius 3 is 1.80 bits per heavy atom. The van der Waals surface area contributed by atoms with Crippen molar-refractivity contribution in [3.05, 3.63) is 41.5 Å². The van der Waals surface area contributed by atoms with Gasteiger partial charge < -0.3 is 23.7 Å². The van der Waals surface area contributed by atoms with Crippen LogP contribution in [0.25, 0.3) is 0 Å². The van der Waals surface area contributed by atoms with Crippen molar-refractivity contribution in [1.29, 1.82) is 0 Å². The van der Waals surface area contributed by atoms with Crippen molar-refractivity contribution in [2.24, 2.45) is 4.99 Å². The summed E-state index contributed by atoms with van der Waals surface area (Å²) in [5, 5.41) is 0. The first-order chi connectivity index (χ1) is 12.2. The van der Waals surface area contributed by atoms with Gasteiger partial charge in [0.05, 0.1) is 41.3 Å². The first-order valence-corrected chi connectivity index (χ1v) is 7.76. The van der Waals surface area contributed by atoms with Crippen LogP contribution in [-0.4, -0.2) is 41.3 Å². The predicted molar refractivity (Wildman–Crippen MR) is 94.9 cm³/mol. The van der Waals surface area contributed by atoms with E-state index in [0.717, 1.165) is 16.8 Å². The molecule has 0 radical (unpaired) electrons.